The molecule has 1 aliphatic rings. The minimum Gasteiger partial charge on any atom is -0.490 e. The zero-order valence-corrected chi connectivity index (χ0v) is 17.0. The normalized spacial score (nSPS) is 18.9. The summed E-state index contributed by atoms with van der Waals surface area (Å²) in [6, 6.07) is 21.9. The van der Waals surface area contributed by atoms with Crippen molar-refractivity contribution in [1.29, 1.82) is 0 Å². The highest BCUT2D eigenvalue weighted by molar-refractivity contribution is 5.84. The van der Waals surface area contributed by atoms with E-state index >= 15 is 0 Å². The number of aliphatic hydroxyl groups excluding tert-OH is 2. The van der Waals surface area contributed by atoms with Gasteiger partial charge in [-0.25, -0.2) is 0 Å². The van der Waals surface area contributed by atoms with E-state index in [0.717, 1.165) is 36.0 Å². The van der Waals surface area contributed by atoms with Crippen LogP contribution in [-0.2, 0) is 16.9 Å². The average molecular weight is 408 g/mol. The molecule has 0 radical (unpaired) electrons. The van der Waals surface area contributed by atoms with Crippen molar-refractivity contribution in [2.45, 2.75) is 31.1 Å². The van der Waals surface area contributed by atoms with Gasteiger partial charge in [0.1, 0.15) is 5.75 Å². The summed E-state index contributed by atoms with van der Waals surface area (Å²) in [7, 11) is 0. The number of benzene rings is 3. The molecule has 5 nitrogen and oxygen atoms in total. The Labute approximate surface area is 177 Å². The molecule has 5 heteroatoms. The highest BCUT2D eigenvalue weighted by atomic mass is 16.5. The molecule has 4 rings (SSSR count). The molecule has 0 aromatic heterocycles. The van der Waals surface area contributed by atoms with Crippen LogP contribution in [0.15, 0.2) is 66.7 Å². The first kappa shape index (κ1) is 20.8. The number of rotatable bonds is 9. The van der Waals surface area contributed by atoms with Crippen LogP contribution in [0.5, 0.6) is 5.75 Å². The number of hydrogen-bond acceptors (Lipinski definition) is 5. The zero-order chi connectivity index (χ0) is 21.0. The van der Waals surface area contributed by atoms with E-state index in [1.54, 1.807) is 0 Å². The highest BCUT2D eigenvalue weighted by Gasteiger charge is 2.31. The fourth-order valence-electron chi connectivity index (χ4n) is 3.86. The Morgan fingerprint density at radius 1 is 0.900 bits per heavy atom. The lowest BCUT2D eigenvalue weighted by Crippen LogP contribution is -2.44. The summed E-state index contributed by atoms with van der Waals surface area (Å²) < 4.78 is 12.0. The molecule has 0 aliphatic heterocycles. The molecule has 3 aromatic carbocycles. The van der Waals surface area contributed by atoms with Crippen LogP contribution in [0.4, 0.5) is 0 Å². The van der Waals surface area contributed by atoms with Crippen LogP contribution in [0.3, 0.4) is 0 Å². The van der Waals surface area contributed by atoms with E-state index in [0.29, 0.717) is 18.1 Å². The van der Waals surface area contributed by atoms with Gasteiger partial charge >= 0.3 is 0 Å². The Bertz CT molecular complexity index is 965. The Morgan fingerprint density at radius 2 is 1.60 bits per heavy atom. The van der Waals surface area contributed by atoms with Crippen LogP contribution in [0.2, 0.25) is 0 Å². The minimum absolute atomic E-state index is 0.229. The van der Waals surface area contributed by atoms with E-state index in [1.807, 2.05) is 54.6 Å². The molecule has 0 unspecified atom stereocenters. The van der Waals surface area contributed by atoms with Gasteiger partial charge in [0.2, 0.25) is 0 Å². The molecule has 1 fully saturated rings. The molecule has 0 saturated heterocycles. The largest absolute Gasteiger partial charge is 0.490 e. The molecule has 30 heavy (non-hydrogen) atoms. The first-order valence-electron chi connectivity index (χ1n) is 10.4. The van der Waals surface area contributed by atoms with Gasteiger partial charge in [0, 0.05) is 0 Å². The molecule has 0 bridgehead atoms. The van der Waals surface area contributed by atoms with Crippen molar-refractivity contribution in [3.63, 3.8) is 0 Å². The summed E-state index contributed by atoms with van der Waals surface area (Å²) >= 11 is 0. The molecule has 1 saturated carbocycles. The maximum atomic E-state index is 9.51. The van der Waals surface area contributed by atoms with Crippen molar-refractivity contribution in [2.24, 2.45) is 11.7 Å². The molecule has 0 heterocycles. The molecule has 0 spiro atoms. The van der Waals surface area contributed by atoms with Crippen molar-refractivity contribution in [1.82, 2.24) is 0 Å². The maximum Gasteiger partial charge on any atom is 0.120 e. The van der Waals surface area contributed by atoms with Gasteiger partial charge in [-0.1, -0.05) is 48.5 Å². The molecular weight excluding hydrogens is 378 g/mol. The number of nitrogens with two attached hydrogens (primary N) is 1. The van der Waals surface area contributed by atoms with Crippen molar-refractivity contribution >= 4 is 10.8 Å². The molecular formula is C25H29NO4. The summed E-state index contributed by atoms with van der Waals surface area (Å²) in [5.74, 6) is 1.41. The summed E-state index contributed by atoms with van der Waals surface area (Å²) in [4.78, 5) is 0. The van der Waals surface area contributed by atoms with Crippen LogP contribution in [-0.4, -0.2) is 36.1 Å². The molecule has 0 amide bonds. The topological polar surface area (TPSA) is 84.9 Å². The van der Waals surface area contributed by atoms with Gasteiger partial charge in [0.15, 0.2) is 0 Å². The quantitative estimate of drug-likeness (QED) is 0.507. The van der Waals surface area contributed by atoms with Crippen LogP contribution in [0.1, 0.15) is 24.0 Å². The van der Waals surface area contributed by atoms with Gasteiger partial charge in [-0.05, 0) is 58.9 Å². The lowest BCUT2D eigenvalue weighted by Gasteiger charge is -2.35. The number of hydrogen-bond donors (Lipinski definition) is 3. The number of ether oxygens (including phenoxy) is 2. The minimum atomic E-state index is -1.13. The standard InChI is InChI=1S/C25H29NO4/c26-25(16-27,17-28)22-8-6-21-13-23(9-7-20(21)12-22)30-24-10-19(11-24)15-29-14-18-4-2-1-3-5-18/h1-9,12-13,19,24,27-28H,10-11,14-17,26H2. The third kappa shape index (κ3) is 4.65. The van der Waals surface area contributed by atoms with Crippen molar-refractivity contribution in [3.05, 3.63) is 77.9 Å². The Balaban J connectivity index is 1.29. The number of aliphatic hydroxyl groups is 2. The predicted octanol–water partition coefficient (Wildman–Crippen LogP) is 3.35. The van der Waals surface area contributed by atoms with E-state index < -0.39 is 5.54 Å². The molecule has 0 atom stereocenters. The Kier molecular flexibility index (Phi) is 6.35. The average Bonchev–Trinajstić information content (AvgIpc) is 2.77. The second kappa shape index (κ2) is 9.14. The van der Waals surface area contributed by atoms with Crippen LogP contribution >= 0.6 is 0 Å². The Morgan fingerprint density at radius 3 is 2.33 bits per heavy atom. The van der Waals surface area contributed by atoms with Crippen LogP contribution in [0, 0.1) is 5.92 Å². The van der Waals surface area contributed by atoms with E-state index in [-0.39, 0.29) is 19.3 Å². The van der Waals surface area contributed by atoms with Crippen molar-refractivity contribution in [3.8, 4) is 5.75 Å². The second-order valence-electron chi connectivity index (χ2n) is 8.27. The van der Waals surface area contributed by atoms with Gasteiger partial charge < -0.3 is 25.4 Å². The van der Waals surface area contributed by atoms with Crippen LogP contribution < -0.4 is 10.5 Å². The second-order valence-corrected chi connectivity index (χ2v) is 8.27. The highest BCUT2D eigenvalue weighted by Crippen LogP contribution is 2.33. The first-order chi connectivity index (χ1) is 14.6. The maximum absolute atomic E-state index is 9.51. The van der Waals surface area contributed by atoms with Crippen molar-refractivity contribution in [2.75, 3.05) is 19.8 Å². The molecule has 4 N–H and O–H groups in total. The van der Waals surface area contributed by atoms with Gasteiger partial charge in [-0.2, -0.15) is 0 Å². The Hall–Kier alpha value is -2.44. The van der Waals surface area contributed by atoms with E-state index in [1.165, 1.54) is 5.56 Å². The predicted molar refractivity (Wildman–Crippen MR) is 117 cm³/mol. The lowest BCUT2D eigenvalue weighted by atomic mass is 9.83. The van der Waals surface area contributed by atoms with E-state index in [2.05, 4.69) is 12.1 Å². The molecule has 1 aliphatic carbocycles. The lowest BCUT2D eigenvalue weighted by molar-refractivity contribution is -0.00245. The fraction of sp³-hybridized carbons (Fsp3) is 0.360. The smallest absolute Gasteiger partial charge is 0.120 e. The van der Waals surface area contributed by atoms with Gasteiger partial charge in [0.25, 0.3) is 0 Å². The zero-order valence-electron chi connectivity index (χ0n) is 17.0. The summed E-state index contributed by atoms with van der Waals surface area (Å²) in [5, 5.41) is 21.1. The number of fused-ring (bicyclic) bond motifs is 1. The van der Waals surface area contributed by atoms with Gasteiger partial charge in [-0.3, -0.25) is 0 Å². The molecule has 3 aromatic rings. The van der Waals surface area contributed by atoms with Gasteiger partial charge in [-0.15, -0.1) is 0 Å². The summed E-state index contributed by atoms with van der Waals surface area (Å²) in [6.07, 6.45) is 2.25. The third-order valence-electron chi connectivity index (χ3n) is 5.91. The SMILES string of the molecule is NC(CO)(CO)c1ccc2cc(OC3CC(COCc4ccccc4)C3)ccc2c1. The van der Waals surface area contributed by atoms with Crippen molar-refractivity contribution < 1.29 is 19.7 Å². The van der Waals surface area contributed by atoms with E-state index in [9.17, 15) is 10.2 Å². The first-order valence-corrected chi connectivity index (χ1v) is 10.4. The summed E-state index contributed by atoms with van der Waals surface area (Å²) in [6.45, 7) is 0.806. The molecule has 158 valence electrons. The third-order valence-corrected chi connectivity index (χ3v) is 5.91. The van der Waals surface area contributed by atoms with Crippen LogP contribution in [0.25, 0.3) is 10.8 Å². The van der Waals surface area contributed by atoms with Gasteiger partial charge in [0.05, 0.1) is 38.1 Å². The monoisotopic (exact) mass is 407 g/mol. The fourth-order valence-corrected chi connectivity index (χ4v) is 3.86. The summed E-state index contributed by atoms with van der Waals surface area (Å²) in [5.41, 5.74) is 6.86. The van der Waals surface area contributed by atoms with E-state index in [4.69, 9.17) is 15.2 Å².